The highest BCUT2D eigenvalue weighted by Crippen LogP contribution is 2.26. The summed E-state index contributed by atoms with van der Waals surface area (Å²) in [7, 11) is 0. The molecule has 1 saturated heterocycles. The predicted molar refractivity (Wildman–Crippen MR) is 125 cm³/mol. The summed E-state index contributed by atoms with van der Waals surface area (Å²) in [6, 6.07) is 19.1. The molecule has 150 valence electrons. The molecule has 0 aliphatic carbocycles. The van der Waals surface area contributed by atoms with Crippen LogP contribution in [-0.2, 0) is 16.0 Å². The fourth-order valence-electron chi connectivity index (χ4n) is 3.40. The second kappa shape index (κ2) is 8.38. The van der Waals surface area contributed by atoms with Crippen molar-refractivity contribution >= 4 is 56.8 Å². The summed E-state index contributed by atoms with van der Waals surface area (Å²) < 4.78 is 2.89. The van der Waals surface area contributed by atoms with Crippen LogP contribution >= 0.6 is 28.1 Å². The van der Waals surface area contributed by atoms with Gasteiger partial charge in [0, 0.05) is 22.1 Å². The second-order valence-corrected chi connectivity index (χ2v) is 8.02. The Morgan fingerprint density at radius 2 is 1.77 bits per heavy atom. The van der Waals surface area contributed by atoms with Gasteiger partial charge in [-0.3, -0.25) is 19.8 Å². The Morgan fingerprint density at radius 1 is 1.03 bits per heavy atom. The van der Waals surface area contributed by atoms with Crippen LogP contribution < -0.4 is 10.2 Å². The number of thiocarbonyl (C=S) groups is 1. The van der Waals surface area contributed by atoms with Crippen molar-refractivity contribution in [2.75, 3.05) is 4.90 Å². The third-order valence-corrected chi connectivity index (χ3v) is 5.71. The van der Waals surface area contributed by atoms with E-state index in [0.29, 0.717) is 11.4 Å². The van der Waals surface area contributed by atoms with E-state index in [-0.39, 0.29) is 10.7 Å². The molecule has 30 heavy (non-hydrogen) atoms. The average Bonchev–Trinajstić information content (AvgIpc) is 3.20. The largest absolute Gasteiger partial charge is 0.317 e. The van der Waals surface area contributed by atoms with Gasteiger partial charge < -0.3 is 4.57 Å². The smallest absolute Gasteiger partial charge is 0.270 e. The third-order valence-electron chi connectivity index (χ3n) is 4.89. The van der Waals surface area contributed by atoms with Crippen LogP contribution in [0.5, 0.6) is 0 Å². The Balaban J connectivity index is 1.76. The van der Waals surface area contributed by atoms with Crippen LogP contribution in [0, 0.1) is 0 Å². The van der Waals surface area contributed by atoms with E-state index in [1.54, 1.807) is 6.08 Å². The Hall–Kier alpha value is -3.03. The summed E-state index contributed by atoms with van der Waals surface area (Å²) in [5, 5.41) is 2.74. The molecule has 0 bridgehead atoms. The fraction of sp³-hybridized carbons (Fsp3) is 0.0870. The van der Waals surface area contributed by atoms with Crippen LogP contribution in [0.25, 0.3) is 11.8 Å². The van der Waals surface area contributed by atoms with Crippen molar-refractivity contribution in [3.63, 3.8) is 0 Å². The molecular formula is C23H18BrN3O2S. The molecule has 1 aromatic heterocycles. The molecule has 0 saturated carbocycles. The molecular weight excluding hydrogens is 462 g/mol. The van der Waals surface area contributed by atoms with E-state index in [1.165, 1.54) is 4.90 Å². The Kier molecular flexibility index (Phi) is 5.65. The van der Waals surface area contributed by atoms with Gasteiger partial charge in [-0.05, 0) is 72.7 Å². The lowest BCUT2D eigenvalue weighted by molar-refractivity contribution is -0.122. The lowest BCUT2D eigenvalue weighted by atomic mass is 10.1. The number of rotatable bonds is 4. The number of halogens is 1. The zero-order chi connectivity index (χ0) is 21.3. The summed E-state index contributed by atoms with van der Waals surface area (Å²) in [6.45, 7) is 2.01. The molecule has 2 amide bonds. The van der Waals surface area contributed by atoms with Crippen molar-refractivity contribution < 1.29 is 9.59 Å². The van der Waals surface area contributed by atoms with Crippen LogP contribution in [0.1, 0.15) is 18.2 Å². The quantitative estimate of drug-likeness (QED) is 0.337. The molecule has 0 spiro atoms. The van der Waals surface area contributed by atoms with Crippen molar-refractivity contribution in [1.29, 1.82) is 0 Å². The summed E-state index contributed by atoms with van der Waals surface area (Å²) in [4.78, 5) is 27.4. The molecule has 1 aliphatic rings. The summed E-state index contributed by atoms with van der Waals surface area (Å²) >= 11 is 8.75. The number of aromatic nitrogens is 1. The first-order valence-electron chi connectivity index (χ1n) is 9.42. The van der Waals surface area contributed by atoms with Gasteiger partial charge in [-0.1, -0.05) is 41.1 Å². The van der Waals surface area contributed by atoms with Crippen LogP contribution in [0.2, 0.25) is 0 Å². The van der Waals surface area contributed by atoms with Crippen molar-refractivity contribution in [3.05, 3.63) is 88.2 Å². The van der Waals surface area contributed by atoms with Gasteiger partial charge in [0.1, 0.15) is 5.57 Å². The normalized spacial score (nSPS) is 15.6. The van der Waals surface area contributed by atoms with E-state index in [4.69, 9.17) is 12.2 Å². The minimum atomic E-state index is -0.501. The fourth-order valence-corrected chi connectivity index (χ4v) is 3.94. The van der Waals surface area contributed by atoms with Gasteiger partial charge in [0.25, 0.3) is 11.8 Å². The zero-order valence-electron chi connectivity index (χ0n) is 16.1. The molecule has 2 heterocycles. The predicted octanol–water partition coefficient (Wildman–Crippen LogP) is 4.63. The topological polar surface area (TPSA) is 54.3 Å². The first-order valence-corrected chi connectivity index (χ1v) is 10.6. The van der Waals surface area contributed by atoms with Crippen LogP contribution in [0.3, 0.4) is 0 Å². The maximum atomic E-state index is 13.3. The molecule has 0 atom stereocenters. The average molecular weight is 480 g/mol. The molecule has 4 rings (SSSR count). The van der Waals surface area contributed by atoms with E-state index < -0.39 is 11.8 Å². The molecule has 0 unspecified atom stereocenters. The number of hydrogen-bond acceptors (Lipinski definition) is 3. The Labute approximate surface area is 188 Å². The SMILES string of the molecule is CCc1ccccc1N1C(=O)/C(=C\c2cccn2-c2ccc(Br)cc2)C(=O)NC1=S. The van der Waals surface area contributed by atoms with Crippen molar-refractivity contribution in [2.24, 2.45) is 0 Å². The molecule has 7 heteroatoms. The highest BCUT2D eigenvalue weighted by Gasteiger charge is 2.35. The van der Waals surface area contributed by atoms with Gasteiger partial charge in [-0.15, -0.1) is 0 Å². The van der Waals surface area contributed by atoms with Crippen molar-refractivity contribution in [3.8, 4) is 5.69 Å². The number of benzene rings is 2. The monoisotopic (exact) mass is 479 g/mol. The van der Waals surface area contributed by atoms with Gasteiger partial charge in [0.2, 0.25) is 0 Å². The summed E-state index contributed by atoms with van der Waals surface area (Å²) in [6.07, 6.45) is 4.22. The van der Waals surface area contributed by atoms with E-state index in [1.807, 2.05) is 78.4 Å². The van der Waals surface area contributed by atoms with Gasteiger partial charge >= 0.3 is 0 Å². The summed E-state index contributed by atoms with van der Waals surface area (Å²) in [5.41, 5.74) is 3.33. The molecule has 5 nitrogen and oxygen atoms in total. The van der Waals surface area contributed by atoms with E-state index in [9.17, 15) is 9.59 Å². The summed E-state index contributed by atoms with van der Waals surface area (Å²) in [5.74, 6) is -0.938. The standard InChI is InChI=1S/C23H18BrN3O2S/c1-2-15-6-3-4-8-20(15)27-22(29)19(21(28)25-23(27)30)14-18-7-5-13-26(18)17-11-9-16(24)10-12-17/h3-14H,2H2,1H3,(H,25,28,30)/b19-14-. The molecule has 1 aliphatic heterocycles. The van der Waals surface area contributed by atoms with Crippen LogP contribution in [0.15, 0.2) is 76.9 Å². The maximum absolute atomic E-state index is 13.3. The van der Waals surface area contributed by atoms with Gasteiger partial charge in [0.05, 0.1) is 5.69 Å². The van der Waals surface area contributed by atoms with Crippen LogP contribution in [-0.4, -0.2) is 21.5 Å². The van der Waals surface area contributed by atoms with Gasteiger partial charge in [-0.25, -0.2) is 0 Å². The number of carbonyl (C=O) groups is 2. The first kappa shape index (κ1) is 20.3. The van der Waals surface area contributed by atoms with Crippen LogP contribution in [0.4, 0.5) is 5.69 Å². The lowest BCUT2D eigenvalue weighted by Gasteiger charge is -2.30. The molecule has 1 N–H and O–H groups in total. The van der Waals surface area contributed by atoms with Crippen molar-refractivity contribution in [2.45, 2.75) is 13.3 Å². The second-order valence-electron chi connectivity index (χ2n) is 6.72. The van der Waals surface area contributed by atoms with E-state index >= 15 is 0 Å². The molecule has 0 radical (unpaired) electrons. The number of anilines is 1. The molecule has 3 aromatic rings. The number of nitrogens with one attached hydrogen (secondary N) is 1. The highest BCUT2D eigenvalue weighted by atomic mass is 79.9. The minimum Gasteiger partial charge on any atom is -0.317 e. The van der Waals surface area contributed by atoms with Crippen molar-refractivity contribution in [1.82, 2.24) is 9.88 Å². The third kappa shape index (κ3) is 3.74. The number of para-hydroxylation sites is 1. The number of aryl methyl sites for hydroxylation is 1. The maximum Gasteiger partial charge on any atom is 0.270 e. The van der Waals surface area contributed by atoms with Gasteiger partial charge in [0.15, 0.2) is 5.11 Å². The van der Waals surface area contributed by atoms with E-state index in [0.717, 1.165) is 22.1 Å². The zero-order valence-corrected chi connectivity index (χ0v) is 18.5. The molecule has 2 aromatic carbocycles. The Morgan fingerprint density at radius 3 is 2.50 bits per heavy atom. The van der Waals surface area contributed by atoms with Gasteiger partial charge in [-0.2, -0.15) is 0 Å². The van der Waals surface area contributed by atoms with E-state index in [2.05, 4.69) is 21.2 Å². The number of nitrogens with zero attached hydrogens (tertiary/aromatic N) is 2. The first-order chi connectivity index (χ1) is 14.5. The lowest BCUT2D eigenvalue weighted by Crippen LogP contribution is -2.54. The highest BCUT2D eigenvalue weighted by molar-refractivity contribution is 9.10. The number of carbonyl (C=O) groups excluding carboxylic acids is 2. The minimum absolute atomic E-state index is 0.0339. The number of hydrogen-bond donors (Lipinski definition) is 1. The number of amides is 2. The Bertz CT molecular complexity index is 1180. The molecule has 1 fully saturated rings.